The van der Waals surface area contributed by atoms with E-state index in [4.69, 9.17) is 9.84 Å². The van der Waals surface area contributed by atoms with E-state index in [9.17, 15) is 4.79 Å². The van der Waals surface area contributed by atoms with Gasteiger partial charge in [-0.05, 0) is 97.1 Å². The van der Waals surface area contributed by atoms with Crippen LogP contribution in [0.5, 0.6) is 0 Å². The second-order valence-corrected chi connectivity index (χ2v) is 11.9. The summed E-state index contributed by atoms with van der Waals surface area (Å²) in [6.45, 7) is 7.91. The van der Waals surface area contributed by atoms with Gasteiger partial charge in [-0.25, -0.2) is 4.79 Å². The first-order chi connectivity index (χ1) is 19.5. The van der Waals surface area contributed by atoms with Gasteiger partial charge in [0.05, 0.1) is 18.8 Å². The van der Waals surface area contributed by atoms with Crippen molar-refractivity contribution in [3.05, 3.63) is 95.1 Å². The number of aryl methyl sites for hydroxylation is 2. The quantitative estimate of drug-likeness (QED) is 0.157. The molecule has 214 valence electrons. The lowest BCUT2D eigenvalue weighted by molar-refractivity contribution is -0.139. The molecule has 1 atom stereocenters. The Labute approximate surface area is 242 Å². The number of hydrogen-bond acceptors (Lipinski definition) is 3. The summed E-state index contributed by atoms with van der Waals surface area (Å²) >= 11 is 0. The third-order valence-electron chi connectivity index (χ3n) is 8.93. The highest BCUT2D eigenvalue weighted by Crippen LogP contribution is 2.39. The molecule has 40 heavy (non-hydrogen) atoms. The van der Waals surface area contributed by atoms with Crippen molar-refractivity contribution in [2.45, 2.75) is 90.4 Å². The summed E-state index contributed by atoms with van der Waals surface area (Å²) in [5, 5.41) is 8.95. The lowest BCUT2D eigenvalue weighted by Crippen LogP contribution is -2.16. The van der Waals surface area contributed by atoms with Crippen molar-refractivity contribution in [2.24, 2.45) is 11.8 Å². The maximum absolute atomic E-state index is 11.6. The number of esters is 1. The van der Waals surface area contributed by atoms with Crippen LogP contribution in [-0.4, -0.2) is 24.3 Å². The van der Waals surface area contributed by atoms with Crippen molar-refractivity contribution in [3.8, 4) is 11.1 Å². The predicted octanol–water partition coefficient (Wildman–Crippen LogP) is 9.04. The summed E-state index contributed by atoms with van der Waals surface area (Å²) in [6.07, 6.45) is 21.3. The molecule has 2 aromatic carbocycles. The minimum Gasteiger partial charge on any atom is -0.462 e. The van der Waals surface area contributed by atoms with Crippen LogP contribution < -0.4 is 0 Å². The largest absolute Gasteiger partial charge is 0.462 e. The zero-order valence-corrected chi connectivity index (χ0v) is 24.7. The maximum Gasteiger partial charge on any atom is 0.335 e. The van der Waals surface area contributed by atoms with Gasteiger partial charge in [-0.3, -0.25) is 0 Å². The molecule has 2 aromatic rings. The monoisotopic (exact) mass is 540 g/mol. The Morgan fingerprint density at radius 3 is 2.45 bits per heavy atom. The van der Waals surface area contributed by atoms with Gasteiger partial charge in [0, 0.05) is 5.92 Å². The first-order valence-corrected chi connectivity index (χ1v) is 15.5. The third kappa shape index (κ3) is 8.30. The lowest BCUT2D eigenvalue weighted by Gasteiger charge is -2.31. The molecule has 0 saturated heterocycles. The van der Waals surface area contributed by atoms with Crippen molar-refractivity contribution >= 4 is 5.97 Å². The molecular formula is C37H48O3. The summed E-state index contributed by atoms with van der Waals surface area (Å²) in [7, 11) is 0. The minimum atomic E-state index is -0.520. The molecule has 1 saturated carbocycles. The first kappa shape index (κ1) is 30.1. The van der Waals surface area contributed by atoms with Crippen LogP contribution in [0.1, 0.15) is 93.7 Å². The second-order valence-electron chi connectivity index (χ2n) is 11.9. The van der Waals surface area contributed by atoms with Gasteiger partial charge in [0.15, 0.2) is 0 Å². The molecule has 1 fully saturated rings. The fourth-order valence-electron chi connectivity index (χ4n) is 6.38. The van der Waals surface area contributed by atoms with E-state index in [-0.39, 0.29) is 12.2 Å². The summed E-state index contributed by atoms with van der Waals surface area (Å²) in [4.78, 5) is 11.6. The number of carbonyl (C=O) groups excluding carboxylic acids is 1. The molecule has 4 rings (SSSR count). The molecule has 2 aliphatic rings. The average Bonchev–Trinajstić information content (AvgIpc) is 2.99. The Hall–Kier alpha value is -2.91. The van der Waals surface area contributed by atoms with Crippen LogP contribution in [0, 0.1) is 18.8 Å². The zero-order chi connectivity index (χ0) is 28.3. The molecule has 0 radical (unpaired) electrons. The summed E-state index contributed by atoms with van der Waals surface area (Å²) in [5.41, 5.74) is 8.06. The van der Waals surface area contributed by atoms with Gasteiger partial charge in [-0.2, -0.15) is 0 Å². The molecule has 3 nitrogen and oxygen atoms in total. The highest BCUT2D eigenvalue weighted by molar-refractivity contribution is 5.87. The Kier molecular flexibility index (Phi) is 11.4. The average molecular weight is 541 g/mol. The molecule has 3 heteroatoms. The Morgan fingerprint density at radius 2 is 1.80 bits per heavy atom. The highest BCUT2D eigenvalue weighted by Gasteiger charge is 2.24. The molecule has 0 aromatic heterocycles. The SMILES string of the molecule is C=C(CO)C(=O)OCCCc1ccc(-c2ccc(C3C=CC(C4CCC(CCCCC)CC4)=CC3)cc2)c(C)c1. The van der Waals surface area contributed by atoms with E-state index in [0.29, 0.717) is 12.5 Å². The number of carbonyl (C=O) groups is 1. The maximum atomic E-state index is 11.6. The minimum absolute atomic E-state index is 0.0949. The first-order valence-electron chi connectivity index (χ1n) is 15.5. The van der Waals surface area contributed by atoms with E-state index < -0.39 is 5.97 Å². The number of rotatable bonds is 13. The normalized spacial score (nSPS) is 20.7. The predicted molar refractivity (Wildman–Crippen MR) is 166 cm³/mol. The van der Waals surface area contributed by atoms with Crippen LogP contribution in [0.15, 0.2) is 78.4 Å². The van der Waals surface area contributed by atoms with Crippen LogP contribution in [0.25, 0.3) is 11.1 Å². The molecular weight excluding hydrogens is 492 g/mol. The van der Waals surface area contributed by atoms with Crippen LogP contribution in [0.4, 0.5) is 0 Å². The van der Waals surface area contributed by atoms with Crippen molar-refractivity contribution in [2.75, 3.05) is 13.2 Å². The molecule has 1 unspecified atom stereocenters. The van der Waals surface area contributed by atoms with E-state index >= 15 is 0 Å². The van der Waals surface area contributed by atoms with Gasteiger partial charge in [0.25, 0.3) is 0 Å². The van der Waals surface area contributed by atoms with Crippen molar-refractivity contribution in [1.29, 1.82) is 0 Å². The number of hydrogen-bond donors (Lipinski definition) is 1. The van der Waals surface area contributed by atoms with Crippen molar-refractivity contribution < 1.29 is 14.6 Å². The number of unbranched alkanes of at least 4 members (excludes halogenated alkanes) is 2. The number of benzene rings is 2. The topological polar surface area (TPSA) is 46.5 Å². The van der Waals surface area contributed by atoms with Gasteiger partial charge in [0.1, 0.15) is 0 Å². The Bertz CT molecular complexity index is 1180. The highest BCUT2D eigenvalue weighted by atomic mass is 16.5. The Morgan fingerprint density at radius 1 is 1.02 bits per heavy atom. The van der Waals surface area contributed by atoms with E-state index in [1.165, 1.54) is 79.2 Å². The Balaban J connectivity index is 1.25. The van der Waals surface area contributed by atoms with Crippen molar-refractivity contribution in [1.82, 2.24) is 0 Å². The molecule has 0 amide bonds. The fourth-order valence-corrected chi connectivity index (χ4v) is 6.38. The van der Waals surface area contributed by atoms with Crippen LogP contribution in [-0.2, 0) is 16.0 Å². The lowest BCUT2D eigenvalue weighted by atomic mass is 9.75. The van der Waals surface area contributed by atoms with Gasteiger partial charge < -0.3 is 9.84 Å². The smallest absolute Gasteiger partial charge is 0.335 e. The van der Waals surface area contributed by atoms with E-state index in [0.717, 1.165) is 31.1 Å². The molecule has 0 spiro atoms. The van der Waals surface area contributed by atoms with Gasteiger partial charge in [-0.1, -0.05) is 99.9 Å². The summed E-state index contributed by atoms with van der Waals surface area (Å²) in [6, 6.07) is 15.7. The van der Waals surface area contributed by atoms with Gasteiger partial charge >= 0.3 is 5.97 Å². The molecule has 0 bridgehead atoms. The number of allylic oxidation sites excluding steroid dienone is 4. The van der Waals surface area contributed by atoms with E-state index in [1.807, 2.05) is 0 Å². The van der Waals surface area contributed by atoms with E-state index in [2.05, 4.69) is 81.1 Å². The number of ether oxygens (including phenoxy) is 1. The van der Waals surface area contributed by atoms with Crippen LogP contribution in [0.3, 0.4) is 0 Å². The summed E-state index contributed by atoms with van der Waals surface area (Å²) < 4.78 is 5.15. The number of aliphatic hydroxyl groups is 1. The molecule has 0 aliphatic heterocycles. The molecule has 2 aliphatic carbocycles. The van der Waals surface area contributed by atoms with Crippen LogP contribution in [0.2, 0.25) is 0 Å². The van der Waals surface area contributed by atoms with Crippen LogP contribution >= 0.6 is 0 Å². The van der Waals surface area contributed by atoms with E-state index in [1.54, 1.807) is 5.57 Å². The third-order valence-corrected chi connectivity index (χ3v) is 8.93. The fraction of sp³-hybridized carbons (Fsp3) is 0.486. The van der Waals surface area contributed by atoms with Gasteiger partial charge in [0.2, 0.25) is 0 Å². The zero-order valence-electron chi connectivity index (χ0n) is 24.7. The van der Waals surface area contributed by atoms with Gasteiger partial charge in [-0.15, -0.1) is 0 Å². The number of aliphatic hydroxyl groups excluding tert-OH is 1. The summed E-state index contributed by atoms with van der Waals surface area (Å²) in [5.74, 6) is 1.69. The standard InChI is InChI=1S/C37H48O3/c1-4-5-6-8-29-10-13-31(14-11-29)32-15-17-33(18-16-32)34-19-21-35(22-20-34)36-23-12-30(25-27(36)2)9-7-24-40-37(39)28(3)26-38/h12,15-17,19-23,25,29,31,33,38H,3-11,13-14,18,24,26H2,1-2H3. The second kappa shape index (κ2) is 15.2. The van der Waals surface area contributed by atoms with Crippen molar-refractivity contribution in [3.63, 3.8) is 0 Å². The molecule has 1 N–H and O–H groups in total. The molecule has 0 heterocycles.